The molecule has 1 aliphatic rings. The lowest BCUT2D eigenvalue weighted by atomic mass is 10.1. The van der Waals surface area contributed by atoms with Crippen LogP contribution in [0.15, 0.2) is 0 Å². The van der Waals surface area contributed by atoms with Gasteiger partial charge in [0.25, 0.3) is 5.92 Å². The standard InChI is InChI=1S/C6H8F2O3/c7-6(8)1-2-11-4(3-6)5(9)10/h4H,1-3H2,(H,9,10). The van der Waals surface area contributed by atoms with Crippen molar-refractivity contribution < 1.29 is 23.4 Å². The average molecular weight is 166 g/mol. The fraction of sp³-hybridized carbons (Fsp3) is 0.833. The molecule has 5 heteroatoms. The molecule has 1 unspecified atom stereocenters. The lowest BCUT2D eigenvalue weighted by Crippen LogP contribution is -2.38. The van der Waals surface area contributed by atoms with Gasteiger partial charge in [-0.3, -0.25) is 0 Å². The van der Waals surface area contributed by atoms with Gasteiger partial charge in [0.05, 0.1) is 6.61 Å². The van der Waals surface area contributed by atoms with Crippen LogP contribution in [-0.4, -0.2) is 29.7 Å². The first-order chi connectivity index (χ1) is 5.01. The van der Waals surface area contributed by atoms with Gasteiger partial charge in [0.15, 0.2) is 6.10 Å². The molecular formula is C6H8F2O3. The van der Waals surface area contributed by atoms with E-state index in [0.29, 0.717) is 0 Å². The van der Waals surface area contributed by atoms with Crippen molar-refractivity contribution in [1.29, 1.82) is 0 Å². The Morgan fingerprint density at radius 1 is 1.64 bits per heavy atom. The predicted molar refractivity (Wildman–Crippen MR) is 31.6 cm³/mol. The highest BCUT2D eigenvalue weighted by Crippen LogP contribution is 2.29. The van der Waals surface area contributed by atoms with Gasteiger partial charge in [-0.05, 0) is 0 Å². The van der Waals surface area contributed by atoms with Crippen molar-refractivity contribution in [3.63, 3.8) is 0 Å². The van der Waals surface area contributed by atoms with Crippen molar-refractivity contribution in [2.45, 2.75) is 24.9 Å². The quantitative estimate of drug-likeness (QED) is 0.629. The van der Waals surface area contributed by atoms with E-state index >= 15 is 0 Å². The lowest BCUT2D eigenvalue weighted by Gasteiger charge is -2.26. The Morgan fingerprint density at radius 2 is 2.27 bits per heavy atom. The molecule has 1 aliphatic heterocycles. The van der Waals surface area contributed by atoms with Crippen LogP contribution in [0.2, 0.25) is 0 Å². The molecule has 0 spiro atoms. The number of halogens is 2. The molecule has 0 aromatic rings. The Labute approximate surface area is 62.0 Å². The average Bonchev–Trinajstić information content (AvgIpc) is 1.85. The summed E-state index contributed by atoms with van der Waals surface area (Å²) in [4.78, 5) is 10.2. The number of alkyl halides is 2. The molecule has 0 saturated carbocycles. The molecule has 0 aliphatic carbocycles. The summed E-state index contributed by atoms with van der Waals surface area (Å²) in [6, 6.07) is 0. The topological polar surface area (TPSA) is 46.5 Å². The van der Waals surface area contributed by atoms with Gasteiger partial charge in [-0.2, -0.15) is 0 Å². The van der Waals surface area contributed by atoms with E-state index in [9.17, 15) is 13.6 Å². The van der Waals surface area contributed by atoms with Crippen LogP contribution in [0, 0.1) is 0 Å². The van der Waals surface area contributed by atoms with E-state index in [1.54, 1.807) is 0 Å². The van der Waals surface area contributed by atoms with E-state index in [2.05, 4.69) is 4.74 Å². The minimum absolute atomic E-state index is 0.177. The third-order valence-electron chi connectivity index (χ3n) is 1.55. The SMILES string of the molecule is O=C(O)C1CC(F)(F)CCO1. The van der Waals surface area contributed by atoms with Crippen molar-refractivity contribution in [2.24, 2.45) is 0 Å². The summed E-state index contributed by atoms with van der Waals surface area (Å²) in [5.74, 6) is -4.19. The van der Waals surface area contributed by atoms with Crippen LogP contribution in [0.4, 0.5) is 8.78 Å². The Kier molecular flexibility index (Phi) is 2.08. The Morgan fingerprint density at radius 3 is 2.64 bits per heavy atom. The zero-order valence-electron chi connectivity index (χ0n) is 5.72. The van der Waals surface area contributed by atoms with E-state index in [1.165, 1.54) is 0 Å². The minimum atomic E-state index is -2.87. The number of carbonyl (C=O) groups is 1. The molecule has 1 saturated heterocycles. The number of carboxylic acids is 1. The molecule has 11 heavy (non-hydrogen) atoms. The van der Waals surface area contributed by atoms with E-state index in [1.807, 2.05) is 0 Å². The van der Waals surface area contributed by atoms with Crippen LogP contribution < -0.4 is 0 Å². The molecule has 1 N–H and O–H groups in total. The van der Waals surface area contributed by atoms with Gasteiger partial charge in [-0.15, -0.1) is 0 Å². The summed E-state index contributed by atoms with van der Waals surface area (Å²) in [7, 11) is 0. The Hall–Kier alpha value is -0.710. The normalized spacial score (nSPS) is 29.8. The molecular weight excluding hydrogens is 158 g/mol. The summed E-state index contributed by atoms with van der Waals surface area (Å²) < 4.78 is 29.5. The molecule has 0 aromatic carbocycles. The van der Waals surface area contributed by atoms with Crippen molar-refractivity contribution >= 4 is 5.97 Å². The molecule has 1 rings (SSSR count). The number of hydrogen-bond acceptors (Lipinski definition) is 2. The minimum Gasteiger partial charge on any atom is -0.479 e. The monoisotopic (exact) mass is 166 g/mol. The van der Waals surface area contributed by atoms with E-state index < -0.39 is 24.4 Å². The van der Waals surface area contributed by atoms with E-state index in [0.717, 1.165) is 0 Å². The molecule has 1 heterocycles. The van der Waals surface area contributed by atoms with Gasteiger partial charge in [0.2, 0.25) is 0 Å². The zero-order chi connectivity index (χ0) is 8.48. The predicted octanol–water partition coefficient (Wildman–Crippen LogP) is 0.885. The van der Waals surface area contributed by atoms with Crippen LogP contribution >= 0.6 is 0 Å². The number of aliphatic carboxylic acids is 1. The van der Waals surface area contributed by atoms with E-state index in [4.69, 9.17) is 5.11 Å². The van der Waals surface area contributed by atoms with E-state index in [-0.39, 0.29) is 13.0 Å². The lowest BCUT2D eigenvalue weighted by molar-refractivity contribution is -0.171. The largest absolute Gasteiger partial charge is 0.479 e. The van der Waals surface area contributed by atoms with Crippen LogP contribution in [-0.2, 0) is 9.53 Å². The molecule has 64 valence electrons. The van der Waals surface area contributed by atoms with Crippen molar-refractivity contribution in [3.8, 4) is 0 Å². The number of rotatable bonds is 1. The van der Waals surface area contributed by atoms with Gasteiger partial charge in [0, 0.05) is 12.8 Å². The van der Waals surface area contributed by atoms with Crippen molar-refractivity contribution in [2.75, 3.05) is 6.61 Å². The Bertz CT molecular complexity index is 169. The first-order valence-corrected chi connectivity index (χ1v) is 3.23. The molecule has 1 atom stereocenters. The van der Waals surface area contributed by atoms with Gasteiger partial charge >= 0.3 is 5.97 Å². The van der Waals surface area contributed by atoms with Gasteiger partial charge in [-0.1, -0.05) is 0 Å². The third-order valence-corrected chi connectivity index (χ3v) is 1.55. The first-order valence-electron chi connectivity index (χ1n) is 3.23. The van der Waals surface area contributed by atoms with Crippen LogP contribution in [0.25, 0.3) is 0 Å². The smallest absolute Gasteiger partial charge is 0.333 e. The first kappa shape index (κ1) is 8.39. The van der Waals surface area contributed by atoms with Crippen molar-refractivity contribution in [3.05, 3.63) is 0 Å². The maximum absolute atomic E-state index is 12.5. The zero-order valence-corrected chi connectivity index (χ0v) is 5.72. The summed E-state index contributed by atoms with van der Waals surface area (Å²) in [5.41, 5.74) is 0. The second-order valence-electron chi connectivity index (χ2n) is 2.51. The number of ether oxygens (including phenoxy) is 1. The molecule has 3 nitrogen and oxygen atoms in total. The molecule has 0 amide bonds. The fourth-order valence-electron chi connectivity index (χ4n) is 0.941. The van der Waals surface area contributed by atoms with Gasteiger partial charge in [0.1, 0.15) is 0 Å². The second-order valence-corrected chi connectivity index (χ2v) is 2.51. The van der Waals surface area contributed by atoms with Crippen molar-refractivity contribution in [1.82, 2.24) is 0 Å². The molecule has 0 bridgehead atoms. The molecule has 0 aromatic heterocycles. The maximum atomic E-state index is 12.5. The molecule has 1 fully saturated rings. The summed E-state index contributed by atoms with van der Waals surface area (Å²) in [6.45, 7) is -0.177. The fourth-order valence-corrected chi connectivity index (χ4v) is 0.941. The Balaban J connectivity index is 2.53. The molecule has 0 radical (unpaired) electrons. The summed E-state index contributed by atoms with van der Waals surface area (Å²) in [5, 5.41) is 8.31. The van der Waals surface area contributed by atoms with Crippen LogP contribution in [0.5, 0.6) is 0 Å². The number of hydrogen-bond donors (Lipinski definition) is 1. The van der Waals surface area contributed by atoms with Crippen LogP contribution in [0.3, 0.4) is 0 Å². The van der Waals surface area contributed by atoms with Gasteiger partial charge in [-0.25, -0.2) is 13.6 Å². The summed E-state index contributed by atoms with van der Waals surface area (Å²) >= 11 is 0. The highest BCUT2D eigenvalue weighted by Gasteiger charge is 2.40. The summed E-state index contributed by atoms with van der Waals surface area (Å²) in [6.07, 6.45) is -2.42. The van der Waals surface area contributed by atoms with Crippen LogP contribution in [0.1, 0.15) is 12.8 Å². The second kappa shape index (κ2) is 2.73. The van der Waals surface area contributed by atoms with Gasteiger partial charge < -0.3 is 9.84 Å². The number of carboxylic acid groups (broad SMARTS) is 1. The third kappa shape index (κ3) is 2.11. The highest BCUT2D eigenvalue weighted by atomic mass is 19.3. The highest BCUT2D eigenvalue weighted by molar-refractivity contribution is 5.72. The maximum Gasteiger partial charge on any atom is 0.333 e.